The average Bonchev–Trinajstić information content (AvgIpc) is 2.54. The van der Waals surface area contributed by atoms with Crippen molar-refractivity contribution in [3.05, 3.63) is 41.1 Å². The molecule has 2 rings (SSSR count). The molecule has 1 aliphatic heterocycles. The maximum atomic E-state index is 12.5. The summed E-state index contributed by atoms with van der Waals surface area (Å²) < 4.78 is 11.1. The number of hydrogen-bond donors (Lipinski definition) is 2. The molecule has 0 bridgehead atoms. The largest absolute Gasteiger partial charge is 0.494 e. The van der Waals surface area contributed by atoms with Crippen LogP contribution in [0.3, 0.4) is 0 Å². The van der Waals surface area contributed by atoms with E-state index in [-0.39, 0.29) is 18.1 Å². The van der Waals surface area contributed by atoms with Gasteiger partial charge in [0.1, 0.15) is 5.75 Å². The zero-order chi connectivity index (χ0) is 18.4. The number of hydrogen-bond acceptors (Lipinski definition) is 4. The monoisotopic (exact) mass is 362 g/mol. The summed E-state index contributed by atoms with van der Waals surface area (Å²) in [5.41, 5.74) is 2.19. The van der Waals surface area contributed by atoms with E-state index in [2.05, 4.69) is 17.6 Å². The fourth-order valence-corrected chi connectivity index (χ4v) is 2.85. The van der Waals surface area contributed by atoms with Crippen molar-refractivity contribution in [2.75, 3.05) is 6.61 Å². The zero-order valence-corrected chi connectivity index (χ0v) is 16.0. The molecule has 0 saturated heterocycles. The Morgan fingerprint density at radius 1 is 1.28 bits per heavy atom. The Balaban J connectivity index is 2.23. The highest BCUT2D eigenvalue weighted by molar-refractivity contribution is 7.80. The van der Waals surface area contributed by atoms with Crippen LogP contribution in [0.5, 0.6) is 5.75 Å². The van der Waals surface area contributed by atoms with E-state index in [1.807, 2.05) is 45.0 Å². The van der Waals surface area contributed by atoms with Crippen LogP contribution in [-0.2, 0) is 9.53 Å². The fraction of sp³-hybridized carbons (Fsp3) is 0.474. The van der Waals surface area contributed by atoms with Crippen LogP contribution in [0.1, 0.15) is 52.1 Å². The topological polar surface area (TPSA) is 59.6 Å². The van der Waals surface area contributed by atoms with Crippen molar-refractivity contribution in [1.29, 1.82) is 0 Å². The third-order valence-electron chi connectivity index (χ3n) is 3.81. The molecule has 136 valence electrons. The van der Waals surface area contributed by atoms with E-state index < -0.39 is 0 Å². The molecule has 1 aromatic carbocycles. The molecule has 25 heavy (non-hydrogen) atoms. The van der Waals surface area contributed by atoms with E-state index in [9.17, 15) is 4.79 Å². The minimum atomic E-state index is -0.344. The third-order valence-corrected chi connectivity index (χ3v) is 4.03. The summed E-state index contributed by atoms with van der Waals surface area (Å²) in [6.45, 7) is 8.33. The van der Waals surface area contributed by atoms with Crippen LogP contribution in [0.25, 0.3) is 0 Å². The van der Waals surface area contributed by atoms with Gasteiger partial charge in [0, 0.05) is 5.70 Å². The van der Waals surface area contributed by atoms with Gasteiger partial charge in [-0.1, -0.05) is 25.5 Å². The van der Waals surface area contributed by atoms with Crippen molar-refractivity contribution in [2.45, 2.75) is 52.7 Å². The summed E-state index contributed by atoms with van der Waals surface area (Å²) in [4.78, 5) is 12.5. The van der Waals surface area contributed by atoms with Gasteiger partial charge < -0.3 is 20.1 Å². The number of unbranched alkanes of at least 4 members (excludes halogenated alkanes) is 1. The van der Waals surface area contributed by atoms with E-state index in [0.29, 0.717) is 23.0 Å². The maximum Gasteiger partial charge on any atom is 0.338 e. The summed E-state index contributed by atoms with van der Waals surface area (Å²) in [6, 6.07) is 7.38. The summed E-state index contributed by atoms with van der Waals surface area (Å²) in [7, 11) is 0. The smallest absolute Gasteiger partial charge is 0.338 e. The lowest BCUT2D eigenvalue weighted by Gasteiger charge is -2.30. The first kappa shape index (κ1) is 19.2. The van der Waals surface area contributed by atoms with Crippen molar-refractivity contribution >= 4 is 23.3 Å². The second kappa shape index (κ2) is 8.85. The van der Waals surface area contributed by atoms with Gasteiger partial charge in [-0.2, -0.15) is 0 Å². The molecule has 0 aliphatic carbocycles. The second-order valence-electron chi connectivity index (χ2n) is 6.30. The molecule has 5 nitrogen and oxygen atoms in total. The van der Waals surface area contributed by atoms with Crippen LogP contribution in [0, 0.1) is 0 Å². The van der Waals surface area contributed by atoms with Gasteiger partial charge in [0.25, 0.3) is 0 Å². The summed E-state index contributed by atoms with van der Waals surface area (Å²) >= 11 is 5.25. The number of thiocarbonyl (C=S) groups is 1. The quantitative estimate of drug-likeness (QED) is 0.439. The predicted molar refractivity (Wildman–Crippen MR) is 102 cm³/mol. The normalized spacial score (nSPS) is 17.2. The molecule has 1 heterocycles. The van der Waals surface area contributed by atoms with E-state index >= 15 is 0 Å². The number of carbonyl (C=O) groups excluding carboxylic acids is 1. The summed E-state index contributed by atoms with van der Waals surface area (Å²) in [5.74, 6) is 0.476. The standard InChI is InChI=1S/C19H26N2O3S/c1-5-6-11-23-15-9-7-14(8-10-15)17-16(18(22)24-12(2)3)13(4)20-19(25)21-17/h7-10,12,17H,5-6,11H2,1-4H3,(H2,20,21,25)/t17-/m0/s1. The van der Waals surface area contributed by atoms with Crippen LogP contribution in [0.2, 0.25) is 0 Å². The molecule has 0 saturated carbocycles. The lowest BCUT2D eigenvalue weighted by Crippen LogP contribution is -2.45. The van der Waals surface area contributed by atoms with Crippen LogP contribution in [-0.4, -0.2) is 23.8 Å². The second-order valence-corrected chi connectivity index (χ2v) is 6.70. The van der Waals surface area contributed by atoms with Crippen LogP contribution < -0.4 is 15.4 Å². The van der Waals surface area contributed by atoms with Crippen LogP contribution in [0.4, 0.5) is 0 Å². The lowest BCUT2D eigenvalue weighted by molar-refractivity contribution is -0.143. The van der Waals surface area contributed by atoms with Crippen molar-refractivity contribution < 1.29 is 14.3 Å². The van der Waals surface area contributed by atoms with Gasteiger partial charge in [-0.25, -0.2) is 4.79 Å². The highest BCUT2D eigenvalue weighted by Gasteiger charge is 2.31. The Hall–Kier alpha value is -2.08. The molecule has 1 atom stereocenters. The maximum absolute atomic E-state index is 12.5. The fourth-order valence-electron chi connectivity index (χ4n) is 2.58. The van der Waals surface area contributed by atoms with Gasteiger partial charge in [-0.15, -0.1) is 0 Å². The molecule has 0 radical (unpaired) electrons. The molecular formula is C19H26N2O3S. The predicted octanol–water partition coefficient (Wildman–Crippen LogP) is 3.61. The van der Waals surface area contributed by atoms with Gasteiger partial charge in [0.2, 0.25) is 0 Å². The van der Waals surface area contributed by atoms with Gasteiger partial charge in [-0.05, 0) is 57.1 Å². The molecule has 1 aromatic rings. The van der Waals surface area contributed by atoms with E-state index in [1.54, 1.807) is 0 Å². The zero-order valence-electron chi connectivity index (χ0n) is 15.2. The van der Waals surface area contributed by atoms with Gasteiger partial charge >= 0.3 is 5.97 Å². The van der Waals surface area contributed by atoms with Crippen LogP contribution in [0.15, 0.2) is 35.5 Å². The van der Waals surface area contributed by atoms with E-state index in [4.69, 9.17) is 21.7 Å². The van der Waals surface area contributed by atoms with Gasteiger partial charge in [0.15, 0.2) is 5.11 Å². The van der Waals surface area contributed by atoms with E-state index in [1.165, 1.54) is 0 Å². The number of rotatable bonds is 7. The molecule has 0 unspecified atom stereocenters. The first-order chi connectivity index (χ1) is 11.9. The number of nitrogens with one attached hydrogen (secondary N) is 2. The van der Waals surface area contributed by atoms with Crippen molar-refractivity contribution in [1.82, 2.24) is 10.6 Å². The number of benzene rings is 1. The highest BCUT2D eigenvalue weighted by atomic mass is 32.1. The number of allylic oxidation sites excluding steroid dienone is 1. The number of esters is 1. The first-order valence-electron chi connectivity index (χ1n) is 8.64. The molecule has 2 N–H and O–H groups in total. The Morgan fingerprint density at radius 3 is 2.56 bits per heavy atom. The van der Waals surface area contributed by atoms with Crippen molar-refractivity contribution in [3.63, 3.8) is 0 Å². The van der Waals surface area contributed by atoms with Crippen molar-refractivity contribution in [2.24, 2.45) is 0 Å². The average molecular weight is 362 g/mol. The van der Waals surface area contributed by atoms with Crippen LogP contribution >= 0.6 is 12.2 Å². The number of carbonyl (C=O) groups is 1. The van der Waals surface area contributed by atoms with Gasteiger partial charge in [-0.3, -0.25) is 0 Å². The highest BCUT2D eigenvalue weighted by Crippen LogP contribution is 2.29. The molecular weight excluding hydrogens is 336 g/mol. The van der Waals surface area contributed by atoms with Gasteiger partial charge in [0.05, 0.1) is 24.3 Å². The van der Waals surface area contributed by atoms with E-state index in [0.717, 1.165) is 24.2 Å². The summed E-state index contributed by atoms with van der Waals surface area (Å²) in [5, 5.41) is 6.66. The lowest BCUT2D eigenvalue weighted by atomic mass is 9.95. The number of ether oxygens (including phenoxy) is 2. The summed E-state index contributed by atoms with van der Waals surface area (Å²) in [6.07, 6.45) is 1.94. The Labute approximate surface area is 154 Å². The third kappa shape index (κ3) is 5.19. The SMILES string of the molecule is CCCCOc1ccc([C@@H]2NC(=S)NC(C)=C2C(=O)OC(C)C)cc1. The molecule has 0 aromatic heterocycles. The molecule has 0 fully saturated rings. The molecule has 6 heteroatoms. The Bertz CT molecular complexity index is 653. The first-order valence-corrected chi connectivity index (χ1v) is 9.05. The minimum Gasteiger partial charge on any atom is -0.494 e. The molecule has 0 spiro atoms. The molecule has 0 amide bonds. The Kier molecular flexibility index (Phi) is 6.82. The Morgan fingerprint density at radius 2 is 1.96 bits per heavy atom. The minimum absolute atomic E-state index is 0.184. The molecule has 1 aliphatic rings. The van der Waals surface area contributed by atoms with Crippen molar-refractivity contribution in [3.8, 4) is 5.75 Å².